The van der Waals surface area contributed by atoms with Crippen LogP contribution in [0.3, 0.4) is 0 Å². The van der Waals surface area contributed by atoms with Crippen LogP contribution in [0.15, 0.2) is 18.2 Å². The predicted molar refractivity (Wildman–Crippen MR) is 76.7 cm³/mol. The molecular weight excluding hydrogens is 249 g/mol. The average Bonchev–Trinajstić information content (AvgIpc) is 2.31. The molecule has 0 aliphatic carbocycles. The van der Waals surface area contributed by atoms with Crippen LogP contribution in [-0.4, -0.2) is 13.1 Å². The fraction of sp³-hybridized carbons (Fsp3) is 0.600. The molecule has 0 aliphatic heterocycles. The number of hydrogen-bond donors (Lipinski definition) is 1. The molecule has 1 aromatic carbocycles. The monoisotopic (exact) mass is 271 g/mol. The van der Waals surface area contributed by atoms with E-state index < -0.39 is 0 Å². The van der Waals surface area contributed by atoms with Crippen molar-refractivity contribution in [2.45, 2.75) is 40.0 Å². The lowest BCUT2D eigenvalue weighted by atomic mass is 9.82. The van der Waals surface area contributed by atoms with Crippen LogP contribution in [0.4, 0.5) is 4.39 Å². The normalized spacial score (nSPS) is 11.8. The first-order valence-corrected chi connectivity index (χ1v) is 6.97. The molecule has 0 radical (unpaired) electrons. The first-order valence-electron chi connectivity index (χ1n) is 6.60. The summed E-state index contributed by atoms with van der Waals surface area (Å²) in [4.78, 5) is 0. The van der Waals surface area contributed by atoms with Crippen LogP contribution in [0, 0.1) is 11.2 Å². The maximum atomic E-state index is 13.4. The molecule has 0 amide bonds. The summed E-state index contributed by atoms with van der Waals surface area (Å²) >= 11 is 5.99. The summed E-state index contributed by atoms with van der Waals surface area (Å²) in [6, 6.07) is 5.04. The van der Waals surface area contributed by atoms with E-state index in [0.29, 0.717) is 0 Å². The van der Waals surface area contributed by atoms with E-state index in [4.69, 9.17) is 11.6 Å². The van der Waals surface area contributed by atoms with Crippen molar-refractivity contribution in [2.75, 3.05) is 13.1 Å². The second-order valence-corrected chi connectivity index (χ2v) is 5.93. The Morgan fingerprint density at radius 3 is 2.67 bits per heavy atom. The van der Waals surface area contributed by atoms with Crippen molar-refractivity contribution >= 4 is 11.6 Å². The van der Waals surface area contributed by atoms with Crippen LogP contribution in [0.1, 0.15) is 39.2 Å². The van der Waals surface area contributed by atoms with Crippen LogP contribution < -0.4 is 5.32 Å². The van der Waals surface area contributed by atoms with Crippen LogP contribution >= 0.6 is 11.6 Å². The van der Waals surface area contributed by atoms with Crippen molar-refractivity contribution in [3.05, 3.63) is 34.6 Å². The van der Waals surface area contributed by atoms with Gasteiger partial charge in [-0.05, 0) is 49.4 Å². The fourth-order valence-electron chi connectivity index (χ4n) is 2.02. The van der Waals surface area contributed by atoms with Gasteiger partial charge in [-0.15, -0.1) is 0 Å². The van der Waals surface area contributed by atoms with Gasteiger partial charge in [-0.1, -0.05) is 44.5 Å². The number of rotatable bonds is 7. The standard InChI is InChI=1S/C15H23ClFN/c1-4-9-18-10-8-15(2,3)11-12-6-5-7-13(17)14(12)16/h5-7,18H,4,8-11H2,1-3H3. The highest BCUT2D eigenvalue weighted by atomic mass is 35.5. The zero-order valence-corrected chi connectivity index (χ0v) is 12.3. The SMILES string of the molecule is CCCNCCC(C)(C)Cc1cccc(F)c1Cl. The summed E-state index contributed by atoms with van der Waals surface area (Å²) in [6.07, 6.45) is 3.01. The third-order valence-electron chi connectivity index (χ3n) is 3.11. The Hall–Kier alpha value is -0.600. The molecule has 0 unspecified atom stereocenters. The highest BCUT2D eigenvalue weighted by Gasteiger charge is 2.20. The van der Waals surface area contributed by atoms with Gasteiger partial charge in [0.15, 0.2) is 0 Å². The Bertz CT molecular complexity index is 377. The topological polar surface area (TPSA) is 12.0 Å². The Kier molecular flexibility index (Phi) is 6.10. The number of halogens is 2. The molecule has 18 heavy (non-hydrogen) atoms. The molecule has 102 valence electrons. The first-order chi connectivity index (χ1) is 8.46. The van der Waals surface area contributed by atoms with E-state index in [1.165, 1.54) is 6.07 Å². The Morgan fingerprint density at radius 1 is 1.28 bits per heavy atom. The van der Waals surface area contributed by atoms with E-state index in [1.807, 2.05) is 6.07 Å². The molecule has 0 saturated heterocycles. The maximum absolute atomic E-state index is 13.4. The van der Waals surface area contributed by atoms with Crippen molar-refractivity contribution in [3.63, 3.8) is 0 Å². The van der Waals surface area contributed by atoms with Gasteiger partial charge in [0, 0.05) is 0 Å². The molecule has 0 aliphatic rings. The van der Waals surface area contributed by atoms with Crippen molar-refractivity contribution in [1.29, 1.82) is 0 Å². The molecular formula is C15H23ClFN. The Morgan fingerprint density at radius 2 is 2.00 bits per heavy atom. The quantitative estimate of drug-likeness (QED) is 0.723. The van der Waals surface area contributed by atoms with Gasteiger partial charge in [-0.3, -0.25) is 0 Å². The van der Waals surface area contributed by atoms with Crippen LogP contribution in [-0.2, 0) is 6.42 Å². The third-order valence-corrected chi connectivity index (χ3v) is 3.53. The maximum Gasteiger partial charge on any atom is 0.142 e. The summed E-state index contributed by atoms with van der Waals surface area (Å²) in [5.74, 6) is -0.325. The van der Waals surface area contributed by atoms with E-state index in [9.17, 15) is 4.39 Å². The molecule has 0 saturated carbocycles. The number of benzene rings is 1. The minimum absolute atomic E-state index is 0.123. The smallest absolute Gasteiger partial charge is 0.142 e. The van der Waals surface area contributed by atoms with Gasteiger partial charge in [0.1, 0.15) is 5.82 Å². The van der Waals surface area contributed by atoms with Gasteiger partial charge in [0.2, 0.25) is 0 Å². The molecule has 0 atom stereocenters. The highest BCUT2D eigenvalue weighted by molar-refractivity contribution is 6.31. The van der Waals surface area contributed by atoms with Crippen molar-refractivity contribution < 1.29 is 4.39 Å². The second kappa shape index (κ2) is 7.10. The number of nitrogens with one attached hydrogen (secondary N) is 1. The molecule has 0 heterocycles. The molecule has 0 aromatic heterocycles. The third kappa shape index (κ3) is 4.95. The van der Waals surface area contributed by atoms with Crippen molar-refractivity contribution in [1.82, 2.24) is 5.32 Å². The average molecular weight is 272 g/mol. The summed E-state index contributed by atoms with van der Waals surface area (Å²) in [5, 5.41) is 3.67. The van der Waals surface area contributed by atoms with E-state index in [2.05, 4.69) is 26.1 Å². The highest BCUT2D eigenvalue weighted by Crippen LogP contribution is 2.30. The zero-order valence-electron chi connectivity index (χ0n) is 11.5. The van der Waals surface area contributed by atoms with Gasteiger partial charge < -0.3 is 5.32 Å². The van der Waals surface area contributed by atoms with Crippen molar-refractivity contribution in [3.8, 4) is 0 Å². The molecule has 0 spiro atoms. The Balaban J connectivity index is 2.56. The summed E-state index contributed by atoms with van der Waals surface area (Å²) in [5.41, 5.74) is 1.02. The second-order valence-electron chi connectivity index (χ2n) is 5.55. The van der Waals surface area contributed by atoms with Gasteiger partial charge in [0.25, 0.3) is 0 Å². The van der Waals surface area contributed by atoms with E-state index in [-0.39, 0.29) is 16.3 Å². The summed E-state index contributed by atoms with van der Waals surface area (Å²) < 4.78 is 13.4. The predicted octanol–water partition coefficient (Wildman–Crippen LogP) is 4.44. The van der Waals surface area contributed by atoms with Gasteiger partial charge in [0.05, 0.1) is 5.02 Å². The fourth-order valence-corrected chi connectivity index (χ4v) is 2.21. The molecule has 0 bridgehead atoms. The molecule has 1 aromatic rings. The number of hydrogen-bond acceptors (Lipinski definition) is 1. The van der Waals surface area contributed by atoms with Crippen LogP contribution in [0.25, 0.3) is 0 Å². The van der Waals surface area contributed by atoms with Crippen LogP contribution in [0.5, 0.6) is 0 Å². The largest absolute Gasteiger partial charge is 0.317 e. The van der Waals surface area contributed by atoms with E-state index in [0.717, 1.165) is 37.9 Å². The summed E-state index contributed by atoms with van der Waals surface area (Å²) in [6.45, 7) is 8.60. The lowest BCUT2D eigenvalue weighted by Gasteiger charge is -2.25. The van der Waals surface area contributed by atoms with Gasteiger partial charge in [-0.25, -0.2) is 4.39 Å². The first kappa shape index (κ1) is 15.5. The van der Waals surface area contributed by atoms with E-state index in [1.54, 1.807) is 6.07 Å². The van der Waals surface area contributed by atoms with Gasteiger partial charge in [-0.2, -0.15) is 0 Å². The van der Waals surface area contributed by atoms with Crippen molar-refractivity contribution in [2.24, 2.45) is 5.41 Å². The molecule has 1 N–H and O–H groups in total. The van der Waals surface area contributed by atoms with Crippen LogP contribution in [0.2, 0.25) is 5.02 Å². The molecule has 1 nitrogen and oxygen atoms in total. The lowest BCUT2D eigenvalue weighted by molar-refractivity contribution is 0.325. The Labute approximate surface area is 115 Å². The lowest BCUT2D eigenvalue weighted by Crippen LogP contribution is -2.24. The molecule has 3 heteroatoms. The minimum Gasteiger partial charge on any atom is -0.317 e. The van der Waals surface area contributed by atoms with Gasteiger partial charge >= 0.3 is 0 Å². The molecule has 0 fully saturated rings. The molecule has 1 rings (SSSR count). The van der Waals surface area contributed by atoms with E-state index >= 15 is 0 Å². The minimum atomic E-state index is -0.325. The summed E-state index contributed by atoms with van der Waals surface area (Å²) in [7, 11) is 0. The zero-order chi connectivity index (χ0) is 13.6.